The zero-order valence-corrected chi connectivity index (χ0v) is 15.4. The minimum Gasteiger partial charge on any atom is -0.354 e. The SMILES string of the molecule is O=C([C@@H]1C[C@H](N2CCN(c3ccc([N+](=O)[O-])cn3)CC2)CN1)N1CCCC1. The van der Waals surface area contributed by atoms with E-state index in [9.17, 15) is 14.9 Å². The van der Waals surface area contributed by atoms with Crippen LogP contribution in [0.3, 0.4) is 0 Å². The molecule has 1 amide bonds. The Kier molecular flexibility index (Phi) is 5.22. The number of hydrogen-bond donors (Lipinski definition) is 1. The average Bonchev–Trinajstić information content (AvgIpc) is 3.40. The summed E-state index contributed by atoms with van der Waals surface area (Å²) in [6.45, 7) is 6.18. The van der Waals surface area contributed by atoms with Crippen molar-refractivity contribution in [2.75, 3.05) is 50.7 Å². The molecule has 3 aliphatic rings. The molecule has 0 bridgehead atoms. The third-order valence-corrected chi connectivity index (χ3v) is 5.92. The molecule has 3 fully saturated rings. The number of nitrogens with zero attached hydrogens (tertiary/aromatic N) is 5. The topological polar surface area (TPSA) is 94.8 Å². The summed E-state index contributed by atoms with van der Waals surface area (Å²) < 4.78 is 0. The van der Waals surface area contributed by atoms with Gasteiger partial charge >= 0.3 is 0 Å². The maximum atomic E-state index is 12.6. The van der Waals surface area contributed by atoms with Gasteiger partial charge in [0.1, 0.15) is 12.0 Å². The molecule has 1 aromatic rings. The number of aromatic nitrogens is 1. The Morgan fingerprint density at radius 2 is 1.89 bits per heavy atom. The first-order valence-electron chi connectivity index (χ1n) is 9.73. The molecule has 2 atom stereocenters. The lowest BCUT2D eigenvalue weighted by Crippen LogP contribution is -2.51. The summed E-state index contributed by atoms with van der Waals surface area (Å²) in [5, 5.41) is 14.2. The number of nitrogens with one attached hydrogen (secondary N) is 1. The van der Waals surface area contributed by atoms with Crippen LogP contribution in [0.15, 0.2) is 18.3 Å². The van der Waals surface area contributed by atoms with Gasteiger partial charge in [0.05, 0.1) is 11.0 Å². The predicted molar refractivity (Wildman–Crippen MR) is 101 cm³/mol. The van der Waals surface area contributed by atoms with Gasteiger partial charge in [0.15, 0.2) is 0 Å². The average molecular weight is 374 g/mol. The molecular formula is C18H26N6O3. The number of carbonyl (C=O) groups excluding carboxylic acids is 1. The lowest BCUT2D eigenvalue weighted by atomic mass is 10.1. The fraction of sp³-hybridized carbons (Fsp3) is 0.667. The quantitative estimate of drug-likeness (QED) is 0.604. The second-order valence-corrected chi connectivity index (χ2v) is 7.54. The highest BCUT2D eigenvalue weighted by molar-refractivity contribution is 5.82. The molecule has 0 saturated carbocycles. The Morgan fingerprint density at radius 3 is 2.52 bits per heavy atom. The highest BCUT2D eigenvalue weighted by Gasteiger charge is 2.36. The van der Waals surface area contributed by atoms with Crippen molar-refractivity contribution in [3.8, 4) is 0 Å². The van der Waals surface area contributed by atoms with Crippen molar-refractivity contribution in [2.24, 2.45) is 0 Å². The van der Waals surface area contributed by atoms with Crippen LogP contribution in [0.25, 0.3) is 0 Å². The zero-order valence-electron chi connectivity index (χ0n) is 15.4. The van der Waals surface area contributed by atoms with E-state index in [1.165, 1.54) is 12.3 Å². The smallest absolute Gasteiger partial charge is 0.287 e. The zero-order chi connectivity index (χ0) is 18.8. The summed E-state index contributed by atoms with van der Waals surface area (Å²) in [4.78, 5) is 33.7. The van der Waals surface area contributed by atoms with Crippen molar-refractivity contribution >= 4 is 17.4 Å². The molecule has 9 heteroatoms. The molecule has 146 valence electrons. The lowest BCUT2D eigenvalue weighted by molar-refractivity contribution is -0.385. The Hall–Kier alpha value is -2.26. The molecule has 9 nitrogen and oxygen atoms in total. The predicted octanol–water partition coefficient (Wildman–Crippen LogP) is 0.465. The minimum absolute atomic E-state index is 0.0168. The summed E-state index contributed by atoms with van der Waals surface area (Å²) in [5.74, 6) is 1.05. The Morgan fingerprint density at radius 1 is 1.15 bits per heavy atom. The lowest BCUT2D eigenvalue weighted by Gasteiger charge is -2.38. The van der Waals surface area contributed by atoms with Gasteiger partial charge in [-0.3, -0.25) is 19.8 Å². The number of pyridine rings is 1. The van der Waals surface area contributed by atoms with Gasteiger partial charge in [0.2, 0.25) is 5.91 Å². The van der Waals surface area contributed by atoms with Gasteiger partial charge < -0.3 is 15.1 Å². The molecule has 1 N–H and O–H groups in total. The number of nitro groups is 1. The monoisotopic (exact) mass is 374 g/mol. The second kappa shape index (κ2) is 7.77. The first-order chi connectivity index (χ1) is 13.1. The van der Waals surface area contributed by atoms with Crippen LogP contribution in [0.1, 0.15) is 19.3 Å². The molecule has 27 heavy (non-hydrogen) atoms. The fourth-order valence-electron chi connectivity index (χ4n) is 4.33. The molecule has 0 spiro atoms. The van der Waals surface area contributed by atoms with Gasteiger partial charge in [-0.15, -0.1) is 0 Å². The van der Waals surface area contributed by atoms with Gasteiger partial charge in [0, 0.05) is 57.9 Å². The van der Waals surface area contributed by atoms with Crippen molar-refractivity contribution in [2.45, 2.75) is 31.3 Å². The molecule has 1 aromatic heterocycles. The second-order valence-electron chi connectivity index (χ2n) is 7.54. The van der Waals surface area contributed by atoms with Gasteiger partial charge in [-0.05, 0) is 25.3 Å². The number of rotatable bonds is 4. The van der Waals surface area contributed by atoms with E-state index in [2.05, 4.69) is 20.1 Å². The normalized spacial score (nSPS) is 26.5. The van der Waals surface area contributed by atoms with Crippen molar-refractivity contribution in [3.05, 3.63) is 28.4 Å². The molecule has 3 saturated heterocycles. The fourth-order valence-corrected chi connectivity index (χ4v) is 4.33. The highest BCUT2D eigenvalue weighted by Crippen LogP contribution is 2.22. The van der Waals surface area contributed by atoms with Crippen LogP contribution in [0.5, 0.6) is 0 Å². The molecule has 0 unspecified atom stereocenters. The summed E-state index contributed by atoms with van der Waals surface area (Å²) in [6.07, 6.45) is 4.45. The van der Waals surface area contributed by atoms with Crippen LogP contribution in [0, 0.1) is 10.1 Å². The van der Waals surface area contributed by atoms with Crippen molar-refractivity contribution < 1.29 is 9.72 Å². The van der Waals surface area contributed by atoms with E-state index in [4.69, 9.17) is 0 Å². The third kappa shape index (κ3) is 3.89. The number of hydrogen-bond acceptors (Lipinski definition) is 7. The maximum absolute atomic E-state index is 12.6. The minimum atomic E-state index is -0.429. The van der Waals surface area contributed by atoms with E-state index in [1.54, 1.807) is 6.07 Å². The maximum Gasteiger partial charge on any atom is 0.287 e. The van der Waals surface area contributed by atoms with E-state index in [-0.39, 0.29) is 17.6 Å². The molecule has 4 heterocycles. The van der Waals surface area contributed by atoms with Gasteiger partial charge in [-0.1, -0.05) is 0 Å². The summed E-state index contributed by atoms with van der Waals surface area (Å²) in [5.41, 5.74) is 0.0168. The van der Waals surface area contributed by atoms with Gasteiger partial charge in [0.25, 0.3) is 5.69 Å². The van der Waals surface area contributed by atoms with Crippen molar-refractivity contribution in [1.82, 2.24) is 20.1 Å². The first kappa shape index (κ1) is 18.1. The van der Waals surface area contributed by atoms with Gasteiger partial charge in [-0.2, -0.15) is 0 Å². The Bertz CT molecular complexity index is 683. The Balaban J connectivity index is 1.28. The van der Waals surface area contributed by atoms with E-state index in [0.717, 1.165) is 70.9 Å². The van der Waals surface area contributed by atoms with Crippen LogP contribution in [-0.2, 0) is 4.79 Å². The van der Waals surface area contributed by atoms with Gasteiger partial charge in [-0.25, -0.2) is 4.98 Å². The number of carbonyl (C=O) groups is 1. The van der Waals surface area contributed by atoms with Crippen LogP contribution < -0.4 is 10.2 Å². The third-order valence-electron chi connectivity index (χ3n) is 5.92. The van der Waals surface area contributed by atoms with E-state index in [0.29, 0.717) is 6.04 Å². The number of amides is 1. The van der Waals surface area contributed by atoms with E-state index >= 15 is 0 Å². The molecule has 3 aliphatic heterocycles. The summed E-state index contributed by atoms with van der Waals surface area (Å²) in [6, 6.07) is 3.58. The standard InChI is InChI=1S/C18H26N6O3/c25-18(23-5-1-2-6-23)16-11-15(13-19-16)21-7-9-22(10-8-21)17-4-3-14(12-20-17)24(26)27/h3-4,12,15-16,19H,1-2,5-11,13H2/t15-,16-/m0/s1. The molecule has 0 aromatic carbocycles. The van der Waals surface area contributed by atoms with Crippen LogP contribution >= 0.6 is 0 Å². The summed E-state index contributed by atoms with van der Waals surface area (Å²) in [7, 11) is 0. The Labute approximate surface area is 158 Å². The molecule has 0 radical (unpaired) electrons. The molecular weight excluding hydrogens is 348 g/mol. The van der Waals surface area contributed by atoms with Crippen LogP contribution in [-0.4, -0.2) is 83.5 Å². The number of piperazine rings is 1. The summed E-state index contributed by atoms with van der Waals surface area (Å²) >= 11 is 0. The van der Waals surface area contributed by atoms with Crippen molar-refractivity contribution in [1.29, 1.82) is 0 Å². The largest absolute Gasteiger partial charge is 0.354 e. The van der Waals surface area contributed by atoms with E-state index < -0.39 is 4.92 Å². The van der Waals surface area contributed by atoms with Crippen molar-refractivity contribution in [3.63, 3.8) is 0 Å². The number of likely N-dealkylation sites (tertiary alicyclic amines) is 1. The van der Waals surface area contributed by atoms with Crippen LogP contribution in [0.4, 0.5) is 11.5 Å². The highest BCUT2D eigenvalue weighted by atomic mass is 16.6. The van der Waals surface area contributed by atoms with Crippen LogP contribution in [0.2, 0.25) is 0 Å². The first-order valence-corrected chi connectivity index (χ1v) is 9.73. The molecule has 0 aliphatic carbocycles. The van der Waals surface area contributed by atoms with E-state index in [1.807, 2.05) is 4.90 Å². The number of anilines is 1. The molecule has 4 rings (SSSR count).